The Balaban J connectivity index is 1.74. The van der Waals surface area contributed by atoms with Crippen LogP contribution in [0.2, 0.25) is 0 Å². The van der Waals surface area contributed by atoms with Crippen molar-refractivity contribution in [1.82, 2.24) is 10.5 Å². The molecule has 3 N–H and O–H groups in total. The van der Waals surface area contributed by atoms with Crippen molar-refractivity contribution in [2.45, 2.75) is 19.4 Å². The number of anilines is 1. The molecule has 0 saturated carbocycles. The summed E-state index contributed by atoms with van der Waals surface area (Å²) in [6.45, 7) is 1.86. The number of carbonyl (C=O) groups is 2. The molecular formula is C15H17N3O4. The fourth-order valence-corrected chi connectivity index (χ4v) is 1.84. The molecule has 0 aliphatic rings. The Labute approximate surface area is 127 Å². The van der Waals surface area contributed by atoms with Crippen molar-refractivity contribution in [3.63, 3.8) is 0 Å². The first-order chi connectivity index (χ1) is 10.6. The molecule has 7 nitrogen and oxygen atoms in total. The topological polar surface area (TPSA) is 104 Å². The van der Waals surface area contributed by atoms with Crippen molar-refractivity contribution < 1.29 is 19.2 Å². The lowest BCUT2D eigenvalue weighted by atomic mass is 10.1. The third-order valence-electron chi connectivity index (χ3n) is 2.96. The second-order valence-corrected chi connectivity index (χ2v) is 4.75. The number of nitrogens with zero attached hydrogens (tertiary/aromatic N) is 1. The van der Waals surface area contributed by atoms with Crippen LogP contribution in [0.25, 0.3) is 0 Å². The third kappa shape index (κ3) is 4.42. The summed E-state index contributed by atoms with van der Waals surface area (Å²) in [6.07, 6.45) is -0.380. The van der Waals surface area contributed by atoms with Gasteiger partial charge in [0.1, 0.15) is 5.76 Å². The van der Waals surface area contributed by atoms with Crippen molar-refractivity contribution >= 4 is 17.6 Å². The van der Waals surface area contributed by atoms with E-state index in [9.17, 15) is 14.7 Å². The number of aryl methyl sites for hydroxylation is 1. The fraction of sp³-hybridized carbons (Fsp3) is 0.267. The molecular weight excluding hydrogens is 286 g/mol. The van der Waals surface area contributed by atoms with E-state index >= 15 is 0 Å². The van der Waals surface area contributed by atoms with Gasteiger partial charge >= 0.3 is 11.8 Å². The first-order valence-corrected chi connectivity index (χ1v) is 6.82. The molecule has 7 heteroatoms. The maximum absolute atomic E-state index is 11.6. The van der Waals surface area contributed by atoms with Crippen LogP contribution in [0, 0.1) is 6.92 Å². The highest BCUT2D eigenvalue weighted by Crippen LogP contribution is 2.14. The minimum Gasteiger partial charge on any atom is -0.388 e. The van der Waals surface area contributed by atoms with Crippen LogP contribution in [0.5, 0.6) is 0 Å². The molecule has 2 amide bonds. The number of aromatic nitrogens is 1. The summed E-state index contributed by atoms with van der Waals surface area (Å²) in [6, 6.07) is 10.6. The van der Waals surface area contributed by atoms with Crippen LogP contribution in [0.15, 0.2) is 40.9 Å². The highest BCUT2D eigenvalue weighted by molar-refractivity contribution is 6.39. The SMILES string of the molecule is Cc1cc(NC(=O)C(=O)NCC[C@H](O)c2ccccc2)no1. The predicted molar refractivity (Wildman–Crippen MR) is 78.9 cm³/mol. The normalized spacial score (nSPS) is 11.7. The number of carbonyl (C=O) groups excluding carboxylic acids is 2. The average Bonchev–Trinajstić information content (AvgIpc) is 2.93. The van der Waals surface area contributed by atoms with Gasteiger partial charge in [0.25, 0.3) is 0 Å². The van der Waals surface area contributed by atoms with Gasteiger partial charge in [-0.3, -0.25) is 14.9 Å². The van der Waals surface area contributed by atoms with Crippen LogP contribution < -0.4 is 10.6 Å². The summed E-state index contributed by atoms with van der Waals surface area (Å²) >= 11 is 0. The van der Waals surface area contributed by atoms with E-state index in [1.807, 2.05) is 18.2 Å². The number of amides is 2. The Hall–Kier alpha value is -2.67. The molecule has 0 spiro atoms. The van der Waals surface area contributed by atoms with Crippen molar-refractivity contribution in [3.05, 3.63) is 47.7 Å². The molecule has 0 bridgehead atoms. The third-order valence-corrected chi connectivity index (χ3v) is 2.96. The molecule has 0 aliphatic carbocycles. The second kappa shape index (κ2) is 7.37. The van der Waals surface area contributed by atoms with Crippen molar-refractivity contribution in [2.24, 2.45) is 0 Å². The van der Waals surface area contributed by atoms with E-state index in [0.717, 1.165) is 5.56 Å². The highest BCUT2D eigenvalue weighted by Gasteiger charge is 2.15. The lowest BCUT2D eigenvalue weighted by molar-refractivity contribution is -0.136. The van der Waals surface area contributed by atoms with Crippen LogP contribution in [-0.4, -0.2) is 28.6 Å². The molecule has 1 aromatic carbocycles. The number of hydrogen-bond acceptors (Lipinski definition) is 5. The van der Waals surface area contributed by atoms with Crippen LogP contribution in [0.1, 0.15) is 23.8 Å². The lowest BCUT2D eigenvalue weighted by Crippen LogP contribution is -2.36. The van der Waals surface area contributed by atoms with Gasteiger partial charge in [-0.15, -0.1) is 0 Å². The quantitative estimate of drug-likeness (QED) is 0.719. The molecule has 0 fully saturated rings. The number of aliphatic hydroxyl groups excluding tert-OH is 1. The largest absolute Gasteiger partial charge is 0.388 e. The van der Waals surface area contributed by atoms with Crippen LogP contribution >= 0.6 is 0 Å². The van der Waals surface area contributed by atoms with Gasteiger partial charge in [0.05, 0.1) is 6.10 Å². The zero-order chi connectivity index (χ0) is 15.9. The number of rotatable bonds is 5. The van der Waals surface area contributed by atoms with Gasteiger partial charge < -0.3 is 14.9 Å². The zero-order valence-corrected chi connectivity index (χ0v) is 12.1. The number of nitrogens with one attached hydrogen (secondary N) is 2. The van der Waals surface area contributed by atoms with Crippen molar-refractivity contribution in [1.29, 1.82) is 0 Å². The standard InChI is InChI=1S/C15H17N3O4/c1-10-9-13(18-22-10)17-15(21)14(20)16-8-7-12(19)11-5-3-2-4-6-11/h2-6,9,12,19H,7-8H2,1H3,(H,16,20)(H,17,18,21)/t12-/m0/s1. The van der Waals surface area contributed by atoms with Gasteiger partial charge in [0.15, 0.2) is 5.82 Å². The van der Waals surface area contributed by atoms with E-state index in [1.165, 1.54) is 6.07 Å². The van der Waals surface area contributed by atoms with Gasteiger partial charge in [-0.1, -0.05) is 35.5 Å². The number of aliphatic hydroxyl groups is 1. The molecule has 22 heavy (non-hydrogen) atoms. The highest BCUT2D eigenvalue weighted by atomic mass is 16.5. The Bertz CT molecular complexity index is 639. The smallest absolute Gasteiger partial charge is 0.314 e. The van der Waals surface area contributed by atoms with Crippen molar-refractivity contribution in [2.75, 3.05) is 11.9 Å². The first-order valence-electron chi connectivity index (χ1n) is 6.82. The molecule has 0 unspecified atom stereocenters. The van der Waals surface area contributed by atoms with E-state index in [1.54, 1.807) is 19.1 Å². The molecule has 1 heterocycles. The molecule has 0 aliphatic heterocycles. The van der Waals surface area contributed by atoms with Crippen LogP contribution in [0.4, 0.5) is 5.82 Å². The molecule has 0 radical (unpaired) electrons. The zero-order valence-electron chi connectivity index (χ0n) is 12.1. The van der Waals surface area contributed by atoms with Gasteiger partial charge in [0.2, 0.25) is 0 Å². The minimum atomic E-state index is -0.831. The molecule has 1 aromatic heterocycles. The van der Waals surface area contributed by atoms with Gasteiger partial charge in [-0.2, -0.15) is 0 Å². The van der Waals surface area contributed by atoms with Crippen molar-refractivity contribution in [3.8, 4) is 0 Å². The average molecular weight is 303 g/mol. The first kappa shape index (κ1) is 15.7. The number of benzene rings is 1. The van der Waals surface area contributed by atoms with E-state index in [-0.39, 0.29) is 12.4 Å². The van der Waals surface area contributed by atoms with E-state index in [4.69, 9.17) is 4.52 Å². The number of hydrogen-bond donors (Lipinski definition) is 3. The molecule has 1 atom stereocenters. The summed E-state index contributed by atoms with van der Waals surface area (Å²) in [4.78, 5) is 23.2. The van der Waals surface area contributed by atoms with E-state index in [2.05, 4.69) is 15.8 Å². The van der Waals surface area contributed by atoms with Crippen LogP contribution in [-0.2, 0) is 9.59 Å². The Morgan fingerprint density at radius 3 is 2.64 bits per heavy atom. The second-order valence-electron chi connectivity index (χ2n) is 4.75. The summed E-state index contributed by atoms with van der Waals surface area (Å²) in [5.74, 6) is -0.910. The van der Waals surface area contributed by atoms with Gasteiger partial charge in [-0.25, -0.2) is 0 Å². The molecule has 2 aromatic rings. The Kier molecular flexibility index (Phi) is 5.26. The molecule has 2 rings (SSSR count). The molecule has 116 valence electrons. The summed E-state index contributed by atoms with van der Waals surface area (Å²) < 4.78 is 4.78. The Morgan fingerprint density at radius 2 is 2.00 bits per heavy atom. The maximum Gasteiger partial charge on any atom is 0.314 e. The van der Waals surface area contributed by atoms with Crippen LogP contribution in [0.3, 0.4) is 0 Å². The summed E-state index contributed by atoms with van der Waals surface area (Å²) in [5.41, 5.74) is 0.763. The van der Waals surface area contributed by atoms with E-state index in [0.29, 0.717) is 12.2 Å². The van der Waals surface area contributed by atoms with Gasteiger partial charge in [-0.05, 0) is 18.9 Å². The van der Waals surface area contributed by atoms with Gasteiger partial charge in [0, 0.05) is 12.6 Å². The minimum absolute atomic E-state index is 0.181. The Morgan fingerprint density at radius 1 is 1.27 bits per heavy atom. The monoisotopic (exact) mass is 303 g/mol. The summed E-state index contributed by atoms with van der Waals surface area (Å²) in [7, 11) is 0. The summed E-state index contributed by atoms with van der Waals surface area (Å²) in [5, 5.41) is 18.2. The predicted octanol–water partition coefficient (Wildman–Crippen LogP) is 1.16. The van der Waals surface area contributed by atoms with E-state index < -0.39 is 17.9 Å². The maximum atomic E-state index is 11.6. The lowest BCUT2D eigenvalue weighted by Gasteiger charge is -2.11. The fourth-order valence-electron chi connectivity index (χ4n) is 1.84. The molecule has 0 saturated heterocycles.